The molecular weight excluding hydrogens is 162 g/mol. The van der Waals surface area contributed by atoms with Crippen LogP contribution in [-0.4, -0.2) is 23.8 Å². The van der Waals surface area contributed by atoms with Crippen LogP contribution in [0.4, 0.5) is 0 Å². The fourth-order valence-electron chi connectivity index (χ4n) is 1.83. The Morgan fingerprint density at radius 2 is 1.85 bits per heavy atom. The molecule has 0 aliphatic heterocycles. The molecule has 0 heterocycles. The van der Waals surface area contributed by atoms with Crippen LogP contribution in [0.15, 0.2) is 0 Å². The van der Waals surface area contributed by atoms with Crippen molar-refractivity contribution in [2.45, 2.75) is 58.1 Å². The molecule has 1 fully saturated rings. The summed E-state index contributed by atoms with van der Waals surface area (Å²) in [7, 11) is 0. The highest BCUT2D eigenvalue weighted by Gasteiger charge is 2.15. The maximum absolute atomic E-state index is 9.59. The molecule has 0 radical (unpaired) electrons. The van der Waals surface area contributed by atoms with Crippen LogP contribution in [-0.2, 0) is 0 Å². The molecule has 0 saturated heterocycles. The molecule has 1 aliphatic rings. The highest BCUT2D eigenvalue weighted by molar-refractivity contribution is 4.74. The molecule has 2 N–H and O–H groups in total. The van der Waals surface area contributed by atoms with Crippen LogP contribution in [0, 0.1) is 5.92 Å². The van der Waals surface area contributed by atoms with Gasteiger partial charge < -0.3 is 10.4 Å². The smallest absolute Gasteiger partial charge is 0.0687 e. The first kappa shape index (κ1) is 11.0. The van der Waals surface area contributed by atoms with Gasteiger partial charge in [0.05, 0.1) is 6.10 Å². The maximum Gasteiger partial charge on any atom is 0.0687 e. The first-order valence-corrected chi connectivity index (χ1v) is 5.61. The molecule has 0 aromatic carbocycles. The Bertz CT molecular complexity index is 130. The second kappa shape index (κ2) is 5.61. The third-order valence-electron chi connectivity index (χ3n) is 2.99. The van der Waals surface area contributed by atoms with E-state index in [4.69, 9.17) is 0 Å². The Morgan fingerprint density at radius 1 is 1.23 bits per heavy atom. The summed E-state index contributed by atoms with van der Waals surface area (Å²) in [5.41, 5.74) is 0. The molecule has 78 valence electrons. The maximum atomic E-state index is 9.59. The standard InChI is InChI=1S/C11H23NO/c1-9(2)11(13)8-12-10-6-4-3-5-7-10/h9-13H,3-8H2,1-2H3. The molecule has 0 bridgehead atoms. The van der Waals surface area contributed by atoms with Crippen molar-refractivity contribution in [1.82, 2.24) is 5.32 Å². The van der Waals surface area contributed by atoms with Gasteiger partial charge in [-0.05, 0) is 18.8 Å². The molecule has 0 amide bonds. The molecular formula is C11H23NO. The van der Waals surface area contributed by atoms with Gasteiger partial charge in [-0.1, -0.05) is 33.1 Å². The summed E-state index contributed by atoms with van der Waals surface area (Å²) in [4.78, 5) is 0. The highest BCUT2D eigenvalue weighted by Crippen LogP contribution is 2.17. The molecule has 1 unspecified atom stereocenters. The molecule has 2 nitrogen and oxygen atoms in total. The van der Waals surface area contributed by atoms with Gasteiger partial charge >= 0.3 is 0 Å². The van der Waals surface area contributed by atoms with Gasteiger partial charge in [-0.15, -0.1) is 0 Å². The van der Waals surface area contributed by atoms with E-state index in [1.54, 1.807) is 0 Å². The number of rotatable bonds is 4. The van der Waals surface area contributed by atoms with E-state index in [-0.39, 0.29) is 6.10 Å². The van der Waals surface area contributed by atoms with Crippen LogP contribution in [0.5, 0.6) is 0 Å². The zero-order chi connectivity index (χ0) is 9.68. The van der Waals surface area contributed by atoms with E-state index in [0.717, 1.165) is 6.54 Å². The van der Waals surface area contributed by atoms with Gasteiger partial charge in [0.2, 0.25) is 0 Å². The Balaban J connectivity index is 2.10. The second-order valence-corrected chi connectivity index (χ2v) is 4.55. The van der Waals surface area contributed by atoms with Crippen LogP contribution in [0.25, 0.3) is 0 Å². The number of nitrogens with one attached hydrogen (secondary N) is 1. The van der Waals surface area contributed by atoms with E-state index in [1.807, 2.05) is 0 Å². The van der Waals surface area contributed by atoms with Crippen molar-refractivity contribution in [2.75, 3.05) is 6.54 Å². The van der Waals surface area contributed by atoms with Crippen molar-refractivity contribution in [3.05, 3.63) is 0 Å². The summed E-state index contributed by atoms with van der Waals surface area (Å²) in [6.07, 6.45) is 6.52. The van der Waals surface area contributed by atoms with Gasteiger partial charge in [0.25, 0.3) is 0 Å². The topological polar surface area (TPSA) is 32.3 Å². The summed E-state index contributed by atoms with van der Waals surface area (Å²) in [6.45, 7) is 4.89. The van der Waals surface area contributed by atoms with Crippen molar-refractivity contribution in [3.63, 3.8) is 0 Å². The minimum Gasteiger partial charge on any atom is -0.392 e. The van der Waals surface area contributed by atoms with Crippen molar-refractivity contribution in [2.24, 2.45) is 5.92 Å². The minimum absolute atomic E-state index is 0.179. The lowest BCUT2D eigenvalue weighted by Gasteiger charge is -2.25. The van der Waals surface area contributed by atoms with E-state index < -0.39 is 0 Å². The van der Waals surface area contributed by atoms with Gasteiger partial charge in [0, 0.05) is 12.6 Å². The van der Waals surface area contributed by atoms with E-state index >= 15 is 0 Å². The third kappa shape index (κ3) is 4.10. The number of aliphatic hydroxyl groups is 1. The first-order chi connectivity index (χ1) is 6.20. The summed E-state index contributed by atoms with van der Waals surface area (Å²) < 4.78 is 0. The van der Waals surface area contributed by atoms with Crippen molar-refractivity contribution in [3.8, 4) is 0 Å². The van der Waals surface area contributed by atoms with Gasteiger partial charge in [-0.2, -0.15) is 0 Å². The van der Waals surface area contributed by atoms with Crippen LogP contribution in [0.1, 0.15) is 46.0 Å². The van der Waals surface area contributed by atoms with Crippen molar-refractivity contribution in [1.29, 1.82) is 0 Å². The van der Waals surface area contributed by atoms with Crippen LogP contribution in [0.3, 0.4) is 0 Å². The molecule has 0 aromatic rings. The molecule has 0 aromatic heterocycles. The van der Waals surface area contributed by atoms with Crippen molar-refractivity contribution < 1.29 is 5.11 Å². The zero-order valence-electron chi connectivity index (χ0n) is 8.92. The van der Waals surface area contributed by atoms with Gasteiger partial charge in [-0.25, -0.2) is 0 Å². The number of hydrogen-bond acceptors (Lipinski definition) is 2. The fourth-order valence-corrected chi connectivity index (χ4v) is 1.83. The Morgan fingerprint density at radius 3 is 2.38 bits per heavy atom. The van der Waals surface area contributed by atoms with Crippen LogP contribution < -0.4 is 5.32 Å². The quantitative estimate of drug-likeness (QED) is 0.701. The SMILES string of the molecule is CC(C)C(O)CNC1CCCCC1. The summed E-state index contributed by atoms with van der Waals surface area (Å²) in [6, 6.07) is 0.669. The lowest BCUT2D eigenvalue weighted by molar-refractivity contribution is 0.117. The third-order valence-corrected chi connectivity index (χ3v) is 2.99. The minimum atomic E-state index is -0.179. The zero-order valence-corrected chi connectivity index (χ0v) is 8.92. The molecule has 2 heteroatoms. The second-order valence-electron chi connectivity index (χ2n) is 4.55. The monoisotopic (exact) mass is 185 g/mol. The number of aliphatic hydroxyl groups excluding tert-OH is 1. The molecule has 1 saturated carbocycles. The van der Waals surface area contributed by atoms with E-state index in [1.165, 1.54) is 32.1 Å². The normalized spacial score (nSPS) is 22.2. The number of hydrogen-bond donors (Lipinski definition) is 2. The van der Waals surface area contributed by atoms with Gasteiger partial charge in [0.1, 0.15) is 0 Å². The largest absolute Gasteiger partial charge is 0.392 e. The van der Waals surface area contributed by atoms with Crippen LogP contribution >= 0.6 is 0 Å². The predicted molar refractivity (Wildman–Crippen MR) is 55.7 cm³/mol. The fraction of sp³-hybridized carbons (Fsp3) is 1.00. The van der Waals surface area contributed by atoms with Crippen molar-refractivity contribution >= 4 is 0 Å². The van der Waals surface area contributed by atoms with E-state index in [0.29, 0.717) is 12.0 Å². The van der Waals surface area contributed by atoms with E-state index in [2.05, 4.69) is 19.2 Å². The summed E-state index contributed by atoms with van der Waals surface area (Å²) in [5.74, 6) is 0.371. The van der Waals surface area contributed by atoms with Gasteiger partial charge in [0.15, 0.2) is 0 Å². The molecule has 1 rings (SSSR count). The Hall–Kier alpha value is -0.0800. The average molecular weight is 185 g/mol. The Kier molecular flexibility index (Phi) is 4.74. The molecule has 1 aliphatic carbocycles. The summed E-state index contributed by atoms with van der Waals surface area (Å²) in [5, 5.41) is 13.0. The highest BCUT2D eigenvalue weighted by atomic mass is 16.3. The first-order valence-electron chi connectivity index (χ1n) is 5.61. The average Bonchev–Trinajstić information content (AvgIpc) is 2.15. The molecule has 13 heavy (non-hydrogen) atoms. The van der Waals surface area contributed by atoms with Gasteiger partial charge in [-0.3, -0.25) is 0 Å². The summed E-state index contributed by atoms with van der Waals surface area (Å²) >= 11 is 0. The van der Waals surface area contributed by atoms with Crippen LogP contribution in [0.2, 0.25) is 0 Å². The molecule has 1 atom stereocenters. The van der Waals surface area contributed by atoms with E-state index in [9.17, 15) is 5.11 Å². The Labute approximate surface area is 81.7 Å². The lowest BCUT2D eigenvalue weighted by atomic mass is 9.95. The lowest BCUT2D eigenvalue weighted by Crippen LogP contribution is -2.38. The predicted octanol–water partition coefficient (Wildman–Crippen LogP) is 1.93. The molecule has 0 spiro atoms.